The minimum atomic E-state index is -3.99. The van der Waals surface area contributed by atoms with E-state index in [2.05, 4.69) is 5.32 Å². The molecule has 12 nitrogen and oxygen atoms in total. The maximum Gasteiger partial charge on any atom is 0.237 e. The van der Waals surface area contributed by atoms with Crippen molar-refractivity contribution in [3.8, 4) is 5.88 Å². The van der Waals surface area contributed by atoms with E-state index in [1.807, 2.05) is 152 Å². The summed E-state index contributed by atoms with van der Waals surface area (Å²) >= 11 is 0. The van der Waals surface area contributed by atoms with Crippen LogP contribution in [-0.2, 0) is 59.0 Å². The summed E-state index contributed by atoms with van der Waals surface area (Å²) in [5.41, 5.74) is 1.31. The Kier molecular flexibility index (Phi) is 15.4. The highest BCUT2D eigenvalue weighted by molar-refractivity contribution is 7.57. The largest absolute Gasteiger partial charge is 0.471 e. The number of ether oxygens (including phenoxy) is 2. The van der Waals surface area contributed by atoms with Crippen LogP contribution in [0, 0.1) is 6.92 Å². The Morgan fingerprint density at radius 3 is 1.51 bits per heavy atom. The number of hydrogen-bond acceptors (Lipinski definition) is 11. The second-order valence-corrected chi connectivity index (χ2v) is 21.9. The molecule has 348 valence electrons. The van der Waals surface area contributed by atoms with Gasteiger partial charge in [-0.3, -0.25) is 18.7 Å². The number of ketones is 1. The van der Waals surface area contributed by atoms with E-state index in [1.165, 1.54) is 6.92 Å². The van der Waals surface area contributed by atoms with Crippen molar-refractivity contribution in [2.75, 3.05) is 11.9 Å². The van der Waals surface area contributed by atoms with Gasteiger partial charge in [0.15, 0.2) is 17.2 Å². The molecule has 0 saturated carbocycles. The lowest BCUT2D eigenvalue weighted by atomic mass is 9.82. The number of amides is 1. The van der Waals surface area contributed by atoms with E-state index in [9.17, 15) is 9.90 Å². The molecule has 4 atom stereocenters. The lowest BCUT2D eigenvalue weighted by molar-refractivity contribution is -0.114. The number of nitrogens with one attached hydrogen (secondary N) is 1. The second kappa shape index (κ2) is 21.7. The number of carbonyl (C=O) groups is 2. The van der Waals surface area contributed by atoms with Crippen molar-refractivity contribution in [3.05, 3.63) is 227 Å². The molecule has 1 fully saturated rings. The van der Waals surface area contributed by atoms with Crippen LogP contribution in [0.1, 0.15) is 62.6 Å². The van der Waals surface area contributed by atoms with E-state index < -0.39 is 56.9 Å². The van der Waals surface area contributed by atoms with E-state index in [4.69, 9.17) is 28.5 Å². The van der Waals surface area contributed by atoms with Crippen LogP contribution >= 0.6 is 14.7 Å². The van der Waals surface area contributed by atoms with E-state index in [0.29, 0.717) is 11.1 Å². The molecule has 1 amide bonds. The molecular formula is C54H53N3O9P2. The molecule has 1 aliphatic heterocycles. The smallest absolute Gasteiger partial charge is 0.237 e. The van der Waals surface area contributed by atoms with E-state index in [1.54, 1.807) is 37.3 Å². The number of rotatable bonds is 20. The minimum absolute atomic E-state index is 0.0555. The maximum atomic E-state index is 15.8. The Morgan fingerprint density at radius 2 is 1.06 bits per heavy atom. The molecule has 7 aromatic rings. The molecule has 0 bridgehead atoms. The minimum Gasteiger partial charge on any atom is -0.471 e. The summed E-state index contributed by atoms with van der Waals surface area (Å²) in [5.74, 6) is -1.43. The lowest BCUT2D eigenvalue weighted by Gasteiger charge is -2.35. The fourth-order valence-electron chi connectivity index (χ4n) is 8.36. The Bertz CT molecular complexity index is 2790. The summed E-state index contributed by atoms with van der Waals surface area (Å²) in [6.45, 7) is 2.59. The zero-order chi connectivity index (χ0) is 47.6. The standard InChI is InChI=1S/C54H53N3O9P2/c1-39-53(63-33-41-21-9-3-10-22-41)57-52(56-40(2)58)48(55-39)51-54(60,49(59)46-31-19-8-20-32-46)50(66-68(62,37-44-27-15-6-16-28-44)38-45-29-17-7-18-30-45)47(65-51)34-64-67(61,35-42-23-11-4-12-24-42)36-43-25-13-5-14-26-43/h3-32,47,50-51,60H,33-38H2,1-2H3,(H,56,57,58)/t47-,50-,51+,54-/m1/s1. The molecule has 6 aromatic carbocycles. The summed E-state index contributed by atoms with van der Waals surface area (Å²) < 4.78 is 57.6. The van der Waals surface area contributed by atoms with Crippen LogP contribution in [0.15, 0.2) is 182 Å². The molecular weight excluding hydrogens is 897 g/mol. The third-order valence-electron chi connectivity index (χ3n) is 11.5. The molecule has 14 heteroatoms. The Labute approximate surface area is 396 Å². The molecule has 2 heterocycles. The molecule has 0 radical (unpaired) electrons. The van der Waals surface area contributed by atoms with Crippen LogP contribution in [0.2, 0.25) is 0 Å². The summed E-state index contributed by atoms with van der Waals surface area (Å²) in [5, 5.41) is 16.4. The van der Waals surface area contributed by atoms with Crippen LogP contribution in [0.3, 0.4) is 0 Å². The fourth-order valence-corrected chi connectivity index (χ4v) is 13.1. The quantitative estimate of drug-likeness (QED) is 0.0552. The first-order valence-corrected chi connectivity index (χ1v) is 26.3. The van der Waals surface area contributed by atoms with Gasteiger partial charge in [0, 0.05) is 12.5 Å². The summed E-state index contributed by atoms with van der Waals surface area (Å²) in [6, 6.07) is 54.6. The first kappa shape index (κ1) is 48.1. The number of carbonyl (C=O) groups excluding carboxylic acids is 2. The molecule has 2 N–H and O–H groups in total. The number of aliphatic hydroxyl groups is 1. The SMILES string of the molecule is CC(=O)Nc1nc(OCc2ccccc2)c(C)nc1[C@@H]1O[C@H](COP(=O)(Cc2ccccc2)Cc2ccccc2)[C@@H](OP(=O)(Cc2ccccc2)Cc2ccccc2)[C@]1(O)C(=O)c1ccccc1. The fraction of sp³-hybridized carbons (Fsp3) is 0.222. The van der Waals surface area contributed by atoms with Gasteiger partial charge >= 0.3 is 0 Å². The second-order valence-electron chi connectivity index (χ2n) is 16.9. The molecule has 0 aliphatic carbocycles. The van der Waals surface area contributed by atoms with Gasteiger partial charge in [0.1, 0.15) is 30.6 Å². The van der Waals surface area contributed by atoms with Crippen LogP contribution in [0.5, 0.6) is 5.88 Å². The predicted octanol–water partition coefficient (Wildman–Crippen LogP) is 11.1. The molecule has 0 spiro atoms. The lowest BCUT2D eigenvalue weighted by Crippen LogP contribution is -2.53. The van der Waals surface area contributed by atoms with Gasteiger partial charge in [-0.15, -0.1) is 0 Å². The highest BCUT2D eigenvalue weighted by Gasteiger charge is 2.64. The molecule has 1 aliphatic rings. The Hall–Kier alpha value is -6.36. The van der Waals surface area contributed by atoms with Crippen molar-refractivity contribution < 1.29 is 42.3 Å². The van der Waals surface area contributed by atoms with Gasteiger partial charge in [0.25, 0.3) is 0 Å². The number of nitrogens with zero attached hydrogens (tertiary/aromatic N) is 2. The number of Topliss-reactive ketones (excluding diaryl/α,β-unsaturated/α-hetero) is 1. The molecule has 8 rings (SSSR count). The molecule has 1 saturated heterocycles. The van der Waals surface area contributed by atoms with Gasteiger partial charge in [0.2, 0.25) is 26.5 Å². The summed E-state index contributed by atoms with van der Waals surface area (Å²) in [4.78, 5) is 37.9. The van der Waals surface area contributed by atoms with Gasteiger partial charge in [-0.05, 0) is 34.7 Å². The number of aryl methyl sites for hydroxylation is 1. The Morgan fingerprint density at radius 1 is 0.632 bits per heavy atom. The van der Waals surface area contributed by atoms with E-state index in [-0.39, 0.29) is 59.9 Å². The molecule has 0 unspecified atom stereocenters. The van der Waals surface area contributed by atoms with Gasteiger partial charge in [-0.2, -0.15) is 4.98 Å². The van der Waals surface area contributed by atoms with Crippen LogP contribution in [0.25, 0.3) is 0 Å². The predicted molar refractivity (Wildman–Crippen MR) is 262 cm³/mol. The van der Waals surface area contributed by atoms with Crippen molar-refractivity contribution in [1.82, 2.24) is 9.97 Å². The third-order valence-corrected chi connectivity index (χ3v) is 16.2. The Balaban J connectivity index is 1.27. The summed E-state index contributed by atoms with van der Waals surface area (Å²) in [6.07, 6.45) is -4.90. The van der Waals surface area contributed by atoms with Crippen molar-refractivity contribution in [1.29, 1.82) is 0 Å². The number of anilines is 1. The van der Waals surface area contributed by atoms with Crippen molar-refractivity contribution in [2.24, 2.45) is 0 Å². The first-order valence-electron chi connectivity index (χ1n) is 22.3. The van der Waals surface area contributed by atoms with Crippen molar-refractivity contribution in [2.45, 2.75) is 69.0 Å². The zero-order valence-corrected chi connectivity index (χ0v) is 39.6. The maximum absolute atomic E-state index is 15.8. The number of hydrogen-bond donors (Lipinski definition) is 2. The molecule has 1 aromatic heterocycles. The zero-order valence-electron chi connectivity index (χ0n) is 37.8. The van der Waals surface area contributed by atoms with Gasteiger partial charge < -0.3 is 28.9 Å². The average molecular weight is 950 g/mol. The monoisotopic (exact) mass is 949 g/mol. The van der Waals surface area contributed by atoms with Crippen LogP contribution in [-0.4, -0.2) is 51.2 Å². The van der Waals surface area contributed by atoms with E-state index in [0.717, 1.165) is 16.7 Å². The van der Waals surface area contributed by atoms with Crippen molar-refractivity contribution in [3.63, 3.8) is 0 Å². The topological polar surface area (TPSA) is 163 Å². The first-order chi connectivity index (χ1) is 32.9. The van der Waals surface area contributed by atoms with Gasteiger partial charge in [-0.25, -0.2) is 4.98 Å². The van der Waals surface area contributed by atoms with Gasteiger partial charge in [-0.1, -0.05) is 182 Å². The highest BCUT2D eigenvalue weighted by atomic mass is 31.2. The summed E-state index contributed by atoms with van der Waals surface area (Å²) in [7, 11) is -7.65. The third kappa shape index (κ3) is 11.8. The number of aromatic nitrogens is 2. The number of benzene rings is 6. The van der Waals surface area contributed by atoms with Crippen LogP contribution in [0.4, 0.5) is 5.82 Å². The highest BCUT2D eigenvalue weighted by Crippen LogP contribution is 2.60. The average Bonchev–Trinajstić information content (AvgIpc) is 3.62. The van der Waals surface area contributed by atoms with Crippen molar-refractivity contribution >= 4 is 32.2 Å². The van der Waals surface area contributed by atoms with E-state index >= 15 is 13.9 Å². The molecule has 68 heavy (non-hydrogen) atoms. The van der Waals surface area contributed by atoms with Gasteiger partial charge in [0.05, 0.1) is 36.9 Å². The van der Waals surface area contributed by atoms with Crippen LogP contribution < -0.4 is 10.1 Å². The normalized spacial score (nSPS) is 18.2.